The molecule has 0 spiro atoms. The van der Waals surface area contributed by atoms with Crippen molar-refractivity contribution in [1.82, 2.24) is 0 Å². The Morgan fingerprint density at radius 1 is 1.00 bits per heavy atom. The van der Waals surface area contributed by atoms with Crippen molar-refractivity contribution in [3.63, 3.8) is 0 Å². The fourth-order valence-electron chi connectivity index (χ4n) is 0.956. The lowest BCUT2D eigenvalue weighted by Crippen LogP contribution is -2.33. The molecule has 0 unspecified atom stereocenters. The van der Waals surface area contributed by atoms with Gasteiger partial charge >= 0.3 is 12.1 Å². The molecule has 0 heterocycles. The number of ether oxygens (including phenoxy) is 3. The van der Waals surface area contributed by atoms with E-state index in [0.29, 0.717) is 6.42 Å². The molecule has 0 saturated heterocycles. The number of rotatable bonds is 6. The van der Waals surface area contributed by atoms with Crippen molar-refractivity contribution in [2.45, 2.75) is 41.0 Å². The highest BCUT2D eigenvalue weighted by molar-refractivity contribution is 5.75. The van der Waals surface area contributed by atoms with Crippen LogP contribution in [0.3, 0.4) is 0 Å². The van der Waals surface area contributed by atoms with E-state index in [4.69, 9.17) is 9.47 Å². The Kier molecular flexibility index (Phi) is 6.15. The number of hydrogen-bond donors (Lipinski definition) is 0. The van der Waals surface area contributed by atoms with Crippen LogP contribution in [0.15, 0.2) is 0 Å². The highest BCUT2D eigenvalue weighted by atomic mass is 16.7. The molecule has 0 saturated carbocycles. The number of esters is 1. The summed E-state index contributed by atoms with van der Waals surface area (Å²) >= 11 is 0. The summed E-state index contributed by atoms with van der Waals surface area (Å²) in [6, 6.07) is 0. The van der Waals surface area contributed by atoms with Crippen LogP contribution >= 0.6 is 0 Å². The van der Waals surface area contributed by atoms with Crippen molar-refractivity contribution >= 4 is 12.1 Å². The summed E-state index contributed by atoms with van der Waals surface area (Å²) in [5.41, 5.74) is -0.924. The minimum absolute atomic E-state index is 0.138. The van der Waals surface area contributed by atoms with Crippen LogP contribution in [0.4, 0.5) is 4.79 Å². The molecule has 106 valence electrons. The number of carbonyl (C=O) groups excluding carboxylic acids is 2. The summed E-state index contributed by atoms with van der Waals surface area (Å²) in [4.78, 5) is 22.6. The van der Waals surface area contributed by atoms with E-state index in [1.165, 1.54) is 7.11 Å². The van der Waals surface area contributed by atoms with Gasteiger partial charge in [-0.05, 0) is 20.3 Å². The van der Waals surface area contributed by atoms with Crippen molar-refractivity contribution in [2.24, 2.45) is 10.8 Å². The van der Waals surface area contributed by atoms with Gasteiger partial charge in [-0.3, -0.25) is 4.79 Å². The molecule has 0 aliphatic rings. The maximum absolute atomic E-state index is 11.8. The first kappa shape index (κ1) is 16.7. The Morgan fingerprint density at radius 2 is 1.50 bits per heavy atom. The van der Waals surface area contributed by atoms with E-state index in [0.717, 1.165) is 0 Å². The first-order valence-electron chi connectivity index (χ1n) is 6.02. The Balaban J connectivity index is 4.18. The molecule has 0 N–H and O–H groups in total. The molecule has 0 aromatic heterocycles. The second kappa shape index (κ2) is 6.61. The van der Waals surface area contributed by atoms with Gasteiger partial charge in [0, 0.05) is 5.41 Å². The standard InChI is InChI=1S/C13H24O5/c1-7-13(4,5)10(14)17-8-12(2,3)9-18-11(15)16-6/h7-9H2,1-6H3. The Hall–Kier alpha value is -1.26. The molecule has 5 nitrogen and oxygen atoms in total. The van der Waals surface area contributed by atoms with Gasteiger partial charge < -0.3 is 14.2 Å². The first-order chi connectivity index (χ1) is 8.14. The lowest BCUT2D eigenvalue weighted by Gasteiger charge is -2.26. The molecular formula is C13H24O5. The van der Waals surface area contributed by atoms with Gasteiger partial charge in [-0.25, -0.2) is 4.79 Å². The van der Waals surface area contributed by atoms with Gasteiger partial charge in [-0.15, -0.1) is 0 Å². The van der Waals surface area contributed by atoms with E-state index in [9.17, 15) is 9.59 Å². The van der Waals surface area contributed by atoms with Crippen molar-refractivity contribution < 1.29 is 23.8 Å². The summed E-state index contributed by atoms with van der Waals surface area (Å²) in [5, 5.41) is 0. The molecule has 0 aromatic carbocycles. The molecule has 0 amide bonds. The first-order valence-corrected chi connectivity index (χ1v) is 6.02. The Labute approximate surface area is 109 Å². The van der Waals surface area contributed by atoms with Crippen LogP contribution in [0.25, 0.3) is 0 Å². The largest absolute Gasteiger partial charge is 0.507 e. The fraction of sp³-hybridized carbons (Fsp3) is 0.846. The van der Waals surface area contributed by atoms with Crippen LogP contribution in [0.1, 0.15) is 41.0 Å². The normalized spacial score (nSPS) is 11.9. The van der Waals surface area contributed by atoms with Gasteiger partial charge in [-0.1, -0.05) is 20.8 Å². The van der Waals surface area contributed by atoms with Crippen LogP contribution < -0.4 is 0 Å². The van der Waals surface area contributed by atoms with Gasteiger partial charge in [0.05, 0.1) is 19.1 Å². The summed E-state index contributed by atoms with van der Waals surface area (Å²) < 4.78 is 14.5. The van der Waals surface area contributed by atoms with E-state index >= 15 is 0 Å². The molecule has 5 heteroatoms. The van der Waals surface area contributed by atoms with E-state index in [1.807, 2.05) is 34.6 Å². The third-order valence-corrected chi connectivity index (χ3v) is 2.78. The van der Waals surface area contributed by atoms with Crippen LogP contribution in [-0.2, 0) is 19.0 Å². The summed E-state index contributed by atoms with van der Waals surface area (Å²) in [7, 11) is 1.25. The van der Waals surface area contributed by atoms with Crippen LogP contribution in [0.5, 0.6) is 0 Å². The van der Waals surface area contributed by atoms with E-state index in [2.05, 4.69) is 4.74 Å². The monoisotopic (exact) mass is 260 g/mol. The molecular weight excluding hydrogens is 236 g/mol. The zero-order valence-electron chi connectivity index (χ0n) is 12.2. The third kappa shape index (κ3) is 5.89. The lowest BCUT2D eigenvalue weighted by atomic mass is 9.90. The van der Waals surface area contributed by atoms with E-state index in [-0.39, 0.29) is 19.2 Å². The predicted molar refractivity (Wildman–Crippen MR) is 67.2 cm³/mol. The lowest BCUT2D eigenvalue weighted by molar-refractivity contribution is -0.158. The molecule has 0 rings (SSSR count). The third-order valence-electron chi connectivity index (χ3n) is 2.78. The van der Waals surface area contributed by atoms with Gasteiger partial charge in [0.15, 0.2) is 0 Å². The topological polar surface area (TPSA) is 61.8 Å². The SMILES string of the molecule is CCC(C)(C)C(=O)OCC(C)(C)COC(=O)OC. The smallest absolute Gasteiger partial charge is 0.465 e. The van der Waals surface area contributed by atoms with Crippen LogP contribution in [0, 0.1) is 10.8 Å². The van der Waals surface area contributed by atoms with Gasteiger partial charge in [0.1, 0.15) is 6.61 Å². The van der Waals surface area contributed by atoms with Gasteiger partial charge in [0.2, 0.25) is 0 Å². The van der Waals surface area contributed by atoms with Crippen LogP contribution in [-0.4, -0.2) is 32.4 Å². The van der Waals surface area contributed by atoms with Crippen molar-refractivity contribution in [1.29, 1.82) is 0 Å². The molecule has 0 bridgehead atoms. The highest BCUT2D eigenvalue weighted by Gasteiger charge is 2.30. The van der Waals surface area contributed by atoms with E-state index < -0.39 is 17.0 Å². The average Bonchev–Trinajstić information content (AvgIpc) is 2.33. The number of methoxy groups -OCH3 is 1. The Morgan fingerprint density at radius 3 is 1.94 bits per heavy atom. The Bertz CT molecular complexity index is 294. The van der Waals surface area contributed by atoms with Crippen molar-refractivity contribution in [3.8, 4) is 0 Å². The highest BCUT2D eigenvalue weighted by Crippen LogP contribution is 2.24. The van der Waals surface area contributed by atoms with E-state index in [1.54, 1.807) is 0 Å². The average molecular weight is 260 g/mol. The number of carbonyl (C=O) groups is 2. The summed E-state index contributed by atoms with van der Waals surface area (Å²) in [6.07, 6.45) is -0.0198. The van der Waals surface area contributed by atoms with Crippen LogP contribution in [0.2, 0.25) is 0 Å². The minimum Gasteiger partial charge on any atom is -0.465 e. The molecule has 0 fully saturated rings. The fourth-order valence-corrected chi connectivity index (χ4v) is 0.956. The van der Waals surface area contributed by atoms with Gasteiger partial charge in [0.25, 0.3) is 0 Å². The van der Waals surface area contributed by atoms with Gasteiger partial charge in [-0.2, -0.15) is 0 Å². The zero-order valence-corrected chi connectivity index (χ0v) is 12.2. The molecule has 0 aromatic rings. The second-order valence-corrected chi connectivity index (χ2v) is 5.72. The maximum atomic E-state index is 11.8. The van der Waals surface area contributed by atoms with Crippen molar-refractivity contribution in [3.05, 3.63) is 0 Å². The molecule has 18 heavy (non-hydrogen) atoms. The molecule has 0 radical (unpaired) electrons. The summed E-state index contributed by atoms with van der Waals surface area (Å²) in [5.74, 6) is -0.240. The molecule has 0 aliphatic heterocycles. The predicted octanol–water partition coefficient (Wildman–Crippen LogP) is 2.78. The minimum atomic E-state index is -0.733. The molecule has 0 atom stereocenters. The summed E-state index contributed by atoms with van der Waals surface area (Å²) in [6.45, 7) is 9.66. The number of hydrogen-bond acceptors (Lipinski definition) is 5. The quantitative estimate of drug-likeness (QED) is 0.687. The molecule has 0 aliphatic carbocycles. The van der Waals surface area contributed by atoms with Crippen molar-refractivity contribution in [2.75, 3.05) is 20.3 Å². The maximum Gasteiger partial charge on any atom is 0.507 e. The zero-order chi connectivity index (χ0) is 14.4. The second-order valence-electron chi connectivity index (χ2n) is 5.72.